The molecule has 49 heavy (non-hydrogen) atoms. The fourth-order valence-electron chi connectivity index (χ4n) is 11.8. The van der Waals surface area contributed by atoms with Crippen molar-refractivity contribution in [3.8, 4) is 0 Å². The van der Waals surface area contributed by atoms with Gasteiger partial charge in [-0.15, -0.1) is 0 Å². The monoisotopic (exact) mass is 692 g/mol. The van der Waals surface area contributed by atoms with Crippen LogP contribution in [0.25, 0.3) is 0 Å². The minimum absolute atomic E-state index is 0.168. The lowest BCUT2D eigenvalue weighted by Crippen LogP contribution is -2.62. The molecule has 0 aromatic heterocycles. The molecular formula is C39H64O10. The summed E-state index contributed by atoms with van der Waals surface area (Å²) in [6.45, 7) is 18.4. The third kappa shape index (κ3) is 6.02. The Morgan fingerprint density at radius 2 is 1.61 bits per heavy atom. The number of carbonyl (C=O) groups excluding carboxylic acids is 1. The van der Waals surface area contributed by atoms with Crippen LogP contribution in [-0.2, 0) is 23.8 Å². The molecule has 4 aliphatic carbocycles. The maximum Gasteiger partial charge on any atom is 0.314 e. The van der Waals surface area contributed by atoms with E-state index in [1.54, 1.807) is 0 Å². The van der Waals surface area contributed by atoms with Crippen LogP contribution in [0.5, 0.6) is 0 Å². The molecule has 1 aliphatic heterocycles. The van der Waals surface area contributed by atoms with Gasteiger partial charge < -0.3 is 39.7 Å². The van der Waals surface area contributed by atoms with Crippen molar-refractivity contribution in [1.82, 2.24) is 0 Å². The van der Waals surface area contributed by atoms with Crippen LogP contribution in [-0.4, -0.2) is 86.5 Å². The number of carboxylic acid groups (broad SMARTS) is 1. The first-order valence-corrected chi connectivity index (χ1v) is 18.8. The van der Waals surface area contributed by atoms with Crippen LogP contribution in [0.2, 0.25) is 0 Å². The molecule has 5 rings (SSSR count). The summed E-state index contributed by atoms with van der Waals surface area (Å²) >= 11 is 0. The van der Waals surface area contributed by atoms with E-state index in [4.69, 9.17) is 14.2 Å². The lowest BCUT2D eigenvalue weighted by Gasteiger charge is -2.62. The molecule has 3 fully saturated rings. The molecule has 0 spiro atoms. The molecule has 13 unspecified atom stereocenters. The Kier molecular flexibility index (Phi) is 10.6. The summed E-state index contributed by atoms with van der Waals surface area (Å²) in [5.41, 5.74) is 0.0867. The second-order valence-electron chi connectivity index (χ2n) is 18.0. The molecule has 0 amide bonds. The van der Waals surface area contributed by atoms with E-state index in [2.05, 4.69) is 48.5 Å². The number of hydrogen-bond donors (Lipinski definition) is 5. The summed E-state index contributed by atoms with van der Waals surface area (Å²) in [5, 5.41) is 52.3. The molecule has 1 heterocycles. The van der Waals surface area contributed by atoms with E-state index in [0.717, 1.165) is 51.4 Å². The lowest BCUT2D eigenvalue weighted by molar-refractivity contribution is -0.325. The maximum atomic E-state index is 13.7. The first-order chi connectivity index (χ1) is 22.7. The van der Waals surface area contributed by atoms with E-state index < -0.39 is 54.3 Å². The second-order valence-corrected chi connectivity index (χ2v) is 18.0. The topological polar surface area (TPSA) is 163 Å². The number of ether oxygens (including phenoxy) is 3. The normalized spacial score (nSPS) is 43.6. The van der Waals surface area contributed by atoms with Crippen LogP contribution in [0.4, 0.5) is 0 Å². The Morgan fingerprint density at radius 1 is 0.939 bits per heavy atom. The maximum absolute atomic E-state index is 13.7. The van der Waals surface area contributed by atoms with Gasteiger partial charge in [0, 0.05) is 6.92 Å². The van der Waals surface area contributed by atoms with E-state index in [1.807, 2.05) is 6.92 Å². The molecule has 10 heteroatoms. The fraction of sp³-hybridized carbons (Fsp3) is 0.897. The third-order valence-corrected chi connectivity index (χ3v) is 15.1. The molecule has 5 aliphatic rings. The Balaban J connectivity index is 1.40. The second kappa shape index (κ2) is 13.4. The van der Waals surface area contributed by atoms with Gasteiger partial charge in [-0.25, -0.2) is 0 Å². The largest absolute Gasteiger partial charge is 0.481 e. The number of hydrogen-bond acceptors (Lipinski definition) is 9. The quantitative estimate of drug-likeness (QED) is 0.148. The molecule has 0 radical (unpaired) electrons. The number of carboxylic acids is 1. The zero-order valence-electron chi connectivity index (χ0n) is 31.3. The van der Waals surface area contributed by atoms with Crippen LogP contribution < -0.4 is 0 Å². The van der Waals surface area contributed by atoms with Gasteiger partial charge in [-0.2, -0.15) is 0 Å². The first kappa shape index (κ1) is 38.7. The van der Waals surface area contributed by atoms with Crippen molar-refractivity contribution in [2.45, 2.75) is 169 Å². The summed E-state index contributed by atoms with van der Waals surface area (Å²) in [5.74, 6) is -0.0661. The molecule has 5 N–H and O–H groups in total. The molecule has 0 aromatic carbocycles. The standard InChI is InChI=1S/C39H64O10/c1-21(2)38(9,49-23(4)41)18-12-22(3)24-14-19-39(34(45)46)26-10-11-28-35(5,6)29(15-16-36(28,7)25(26)13-17-37(24,39)8)48-33-32(44)31(43)30(42)27(20-40)47-33/h21-22,24,27-33,40,42-44H,10-20H2,1-9H3,(H,45,46). The Bertz CT molecular complexity index is 1290. The van der Waals surface area contributed by atoms with E-state index in [1.165, 1.54) is 18.1 Å². The molecular weight excluding hydrogens is 628 g/mol. The average Bonchev–Trinajstić information content (AvgIpc) is 3.35. The Hall–Kier alpha value is -1.56. The number of carbonyl (C=O) groups is 2. The van der Waals surface area contributed by atoms with Crippen molar-refractivity contribution in [1.29, 1.82) is 0 Å². The van der Waals surface area contributed by atoms with E-state index in [0.29, 0.717) is 12.8 Å². The SMILES string of the molecule is CC(=O)OC(C)(CCC(C)C1CCC2(C(=O)O)C3=C(CCC12C)C1(C)CCC(OC2OC(CO)C(O)C(O)C2O)C(C)(C)C1CC3)C(C)C. The highest BCUT2D eigenvalue weighted by atomic mass is 16.7. The highest BCUT2D eigenvalue weighted by Gasteiger charge is 2.68. The summed E-state index contributed by atoms with van der Waals surface area (Å²) < 4.78 is 18.0. The highest BCUT2D eigenvalue weighted by Crippen LogP contribution is 2.73. The van der Waals surface area contributed by atoms with Crippen molar-refractivity contribution < 1.29 is 49.3 Å². The predicted molar refractivity (Wildman–Crippen MR) is 183 cm³/mol. The molecule has 1 saturated heterocycles. The predicted octanol–water partition coefficient (Wildman–Crippen LogP) is 5.38. The number of allylic oxidation sites excluding steroid dienone is 1. The van der Waals surface area contributed by atoms with Gasteiger partial charge >= 0.3 is 11.9 Å². The molecule has 280 valence electrons. The smallest absolute Gasteiger partial charge is 0.314 e. The minimum Gasteiger partial charge on any atom is -0.481 e. The molecule has 0 aromatic rings. The summed E-state index contributed by atoms with van der Waals surface area (Å²) in [7, 11) is 0. The Labute approximate surface area is 293 Å². The van der Waals surface area contributed by atoms with Gasteiger partial charge in [0.1, 0.15) is 30.0 Å². The van der Waals surface area contributed by atoms with E-state index >= 15 is 0 Å². The van der Waals surface area contributed by atoms with Crippen LogP contribution in [0.3, 0.4) is 0 Å². The van der Waals surface area contributed by atoms with Crippen molar-refractivity contribution in [2.75, 3.05) is 6.61 Å². The van der Waals surface area contributed by atoms with Gasteiger partial charge in [0.25, 0.3) is 0 Å². The highest BCUT2D eigenvalue weighted by molar-refractivity contribution is 5.82. The van der Waals surface area contributed by atoms with Crippen molar-refractivity contribution >= 4 is 11.9 Å². The van der Waals surface area contributed by atoms with Crippen molar-refractivity contribution in [3.05, 3.63) is 11.1 Å². The molecule has 0 bridgehead atoms. The van der Waals surface area contributed by atoms with Crippen LogP contribution in [0, 0.1) is 45.3 Å². The number of aliphatic hydroxyl groups excluding tert-OH is 4. The average molecular weight is 693 g/mol. The number of aliphatic hydroxyl groups is 4. The van der Waals surface area contributed by atoms with Gasteiger partial charge in [0.15, 0.2) is 6.29 Å². The Morgan fingerprint density at radius 3 is 2.20 bits per heavy atom. The molecule has 13 atom stereocenters. The minimum atomic E-state index is -1.49. The number of rotatable bonds is 10. The zero-order chi connectivity index (χ0) is 36.5. The zero-order valence-corrected chi connectivity index (χ0v) is 31.3. The van der Waals surface area contributed by atoms with Gasteiger partial charge in [0.2, 0.25) is 0 Å². The van der Waals surface area contributed by atoms with Crippen LogP contribution in [0.1, 0.15) is 127 Å². The molecule has 2 saturated carbocycles. The number of fused-ring (bicyclic) bond motifs is 4. The number of aliphatic carboxylic acids is 1. The van der Waals surface area contributed by atoms with Crippen LogP contribution >= 0.6 is 0 Å². The lowest BCUT2D eigenvalue weighted by atomic mass is 9.43. The first-order valence-electron chi connectivity index (χ1n) is 18.8. The summed E-state index contributed by atoms with van der Waals surface area (Å²) in [6, 6.07) is 0. The van der Waals surface area contributed by atoms with Gasteiger partial charge in [-0.3, -0.25) is 9.59 Å². The molecule has 10 nitrogen and oxygen atoms in total. The van der Waals surface area contributed by atoms with E-state index in [9.17, 15) is 35.1 Å². The summed E-state index contributed by atoms with van der Waals surface area (Å²) in [6.07, 6.45) is 0.949. The third-order valence-electron chi connectivity index (χ3n) is 15.1. The van der Waals surface area contributed by atoms with Crippen LogP contribution in [0.15, 0.2) is 11.1 Å². The number of esters is 1. The van der Waals surface area contributed by atoms with Gasteiger partial charge in [-0.05, 0) is 111 Å². The van der Waals surface area contributed by atoms with Crippen molar-refractivity contribution in [3.63, 3.8) is 0 Å². The van der Waals surface area contributed by atoms with E-state index in [-0.39, 0.29) is 52.0 Å². The van der Waals surface area contributed by atoms with Gasteiger partial charge in [-0.1, -0.05) is 59.6 Å². The van der Waals surface area contributed by atoms with Gasteiger partial charge in [0.05, 0.1) is 18.1 Å². The van der Waals surface area contributed by atoms with Crippen molar-refractivity contribution in [2.24, 2.45) is 45.3 Å². The fourth-order valence-corrected chi connectivity index (χ4v) is 11.8. The summed E-state index contributed by atoms with van der Waals surface area (Å²) in [4.78, 5) is 25.7.